The van der Waals surface area contributed by atoms with Crippen LogP contribution in [0.1, 0.15) is 31.5 Å². The maximum atomic E-state index is 14.4. The zero-order valence-corrected chi connectivity index (χ0v) is 16.7. The van der Waals surface area contributed by atoms with Crippen LogP contribution in [0.15, 0.2) is 22.0 Å². The van der Waals surface area contributed by atoms with Crippen LogP contribution in [0.3, 0.4) is 0 Å². The molecule has 1 unspecified atom stereocenters. The molecule has 0 N–H and O–H groups in total. The first-order valence-electron chi connectivity index (χ1n) is 7.57. The number of alkyl halides is 3. The maximum Gasteiger partial charge on any atom is 0.416 e. The van der Waals surface area contributed by atoms with Crippen LogP contribution >= 0.6 is 34.1 Å². The first-order valence-corrected chi connectivity index (χ1v) is 9.45. The van der Waals surface area contributed by atoms with Gasteiger partial charge >= 0.3 is 6.18 Å². The SMILES string of the molecule is CC/C=N/c1c(/S(F)=C(\C)F)c(C)nn1-c1c(Cl)cc(C(F)(F)F)cc1Cl. The fraction of sp³-hybridized carbons (Fsp3) is 0.312. The average molecular weight is 446 g/mol. The van der Waals surface area contributed by atoms with Gasteiger partial charge in [-0.1, -0.05) is 30.1 Å². The van der Waals surface area contributed by atoms with E-state index in [1.54, 1.807) is 6.92 Å². The summed E-state index contributed by atoms with van der Waals surface area (Å²) in [6.45, 7) is 4.19. The van der Waals surface area contributed by atoms with E-state index in [0.717, 1.165) is 11.6 Å². The lowest BCUT2D eigenvalue weighted by molar-refractivity contribution is -0.137. The number of benzene rings is 1. The molecule has 3 nitrogen and oxygen atoms in total. The van der Waals surface area contributed by atoms with Crippen molar-refractivity contribution in [3.63, 3.8) is 0 Å². The van der Waals surface area contributed by atoms with Crippen LogP contribution in [0.5, 0.6) is 0 Å². The predicted octanol–water partition coefficient (Wildman–Crippen LogP) is 7.25. The zero-order valence-electron chi connectivity index (χ0n) is 14.3. The van der Waals surface area contributed by atoms with Crippen LogP contribution in [-0.2, 0) is 6.18 Å². The third-order valence-electron chi connectivity index (χ3n) is 3.36. The lowest BCUT2D eigenvalue weighted by Crippen LogP contribution is -2.07. The first kappa shape index (κ1) is 21.8. The smallest absolute Gasteiger partial charge is 0.240 e. The number of hydrogen-bond donors (Lipinski definition) is 0. The monoisotopic (exact) mass is 445 g/mol. The number of nitrogens with zero attached hydrogens (tertiary/aromatic N) is 3. The topological polar surface area (TPSA) is 30.2 Å². The van der Waals surface area contributed by atoms with Crippen LogP contribution in [0, 0.1) is 6.92 Å². The molecule has 0 saturated heterocycles. The highest BCUT2D eigenvalue weighted by Crippen LogP contribution is 2.44. The van der Waals surface area contributed by atoms with Gasteiger partial charge in [-0.3, -0.25) is 0 Å². The van der Waals surface area contributed by atoms with E-state index in [2.05, 4.69) is 10.1 Å². The summed E-state index contributed by atoms with van der Waals surface area (Å²) in [6, 6.07) is 1.38. The minimum atomic E-state index is -4.65. The molecular formula is C16H14Cl2F5N3S. The molecule has 11 heteroatoms. The minimum Gasteiger partial charge on any atom is -0.240 e. The number of aliphatic imine (C=N–C) groups is 1. The van der Waals surface area contributed by atoms with Crippen molar-refractivity contribution in [2.24, 2.45) is 4.99 Å². The summed E-state index contributed by atoms with van der Waals surface area (Å²) < 4.78 is 67.8. The Bertz CT molecular complexity index is 908. The highest BCUT2D eigenvalue weighted by atomic mass is 35.5. The zero-order chi connectivity index (χ0) is 20.5. The molecule has 2 rings (SSSR count). The van der Waals surface area contributed by atoms with Crippen molar-refractivity contribution in [1.29, 1.82) is 0 Å². The lowest BCUT2D eigenvalue weighted by atomic mass is 10.2. The summed E-state index contributed by atoms with van der Waals surface area (Å²) in [6.07, 6.45) is -2.73. The van der Waals surface area contributed by atoms with Gasteiger partial charge in [0, 0.05) is 6.21 Å². The molecule has 148 valence electrons. The van der Waals surface area contributed by atoms with Crippen LogP contribution in [0.2, 0.25) is 10.0 Å². The second-order valence-corrected chi connectivity index (χ2v) is 7.68. The van der Waals surface area contributed by atoms with Gasteiger partial charge < -0.3 is 0 Å². The summed E-state index contributed by atoms with van der Waals surface area (Å²) in [4.78, 5) is 3.98. The molecule has 0 aliphatic rings. The molecule has 0 bridgehead atoms. The number of hydrogen-bond acceptors (Lipinski definition) is 2. The van der Waals surface area contributed by atoms with Gasteiger partial charge in [-0.2, -0.15) is 22.2 Å². The Kier molecular flexibility index (Phi) is 6.70. The van der Waals surface area contributed by atoms with Crippen molar-refractivity contribution in [2.75, 3.05) is 0 Å². The van der Waals surface area contributed by atoms with Crippen molar-refractivity contribution in [1.82, 2.24) is 9.78 Å². The Morgan fingerprint density at radius 2 is 1.85 bits per heavy atom. The van der Waals surface area contributed by atoms with Gasteiger partial charge in [-0.25, -0.2) is 14.1 Å². The number of rotatable bonds is 4. The maximum absolute atomic E-state index is 14.4. The molecule has 0 fully saturated rings. The van der Waals surface area contributed by atoms with E-state index in [1.807, 2.05) is 0 Å². The van der Waals surface area contributed by atoms with E-state index in [9.17, 15) is 21.4 Å². The Morgan fingerprint density at radius 3 is 2.30 bits per heavy atom. The van der Waals surface area contributed by atoms with Crippen LogP contribution in [0.25, 0.3) is 5.69 Å². The first-order chi connectivity index (χ1) is 12.5. The van der Waals surface area contributed by atoms with E-state index in [0.29, 0.717) is 18.6 Å². The number of halogens is 7. The van der Waals surface area contributed by atoms with E-state index < -0.39 is 27.7 Å². The third kappa shape index (κ3) is 4.52. The Hall–Kier alpha value is -1.45. The van der Waals surface area contributed by atoms with Crippen LogP contribution < -0.4 is 0 Å². The van der Waals surface area contributed by atoms with E-state index >= 15 is 0 Å². The molecule has 1 aromatic carbocycles. The molecular weight excluding hydrogens is 432 g/mol. The fourth-order valence-electron chi connectivity index (χ4n) is 2.23. The molecule has 2 aromatic rings. The largest absolute Gasteiger partial charge is 0.416 e. The van der Waals surface area contributed by atoms with Crippen molar-refractivity contribution >= 4 is 51.2 Å². The molecule has 0 amide bonds. The van der Waals surface area contributed by atoms with Gasteiger partial charge in [0.2, 0.25) is 0 Å². The second kappa shape index (κ2) is 8.28. The summed E-state index contributed by atoms with van der Waals surface area (Å²) in [5.41, 5.74) is -1.02. The molecule has 1 heterocycles. The quantitative estimate of drug-likeness (QED) is 0.211. The molecule has 0 aliphatic heterocycles. The third-order valence-corrected chi connectivity index (χ3v) is 5.27. The van der Waals surface area contributed by atoms with E-state index in [4.69, 9.17) is 23.2 Å². The molecule has 1 atom stereocenters. The van der Waals surface area contributed by atoms with Crippen molar-refractivity contribution in [2.45, 2.75) is 38.3 Å². The molecule has 0 saturated carbocycles. The normalized spacial score (nSPS) is 14.1. The van der Waals surface area contributed by atoms with Gasteiger partial charge in [-0.05, 0) is 32.4 Å². The van der Waals surface area contributed by atoms with Crippen molar-refractivity contribution in [3.8, 4) is 5.69 Å². The number of aryl methyl sites for hydroxylation is 1. The average Bonchev–Trinajstić information content (AvgIpc) is 2.86. The molecule has 0 spiro atoms. The highest BCUT2D eigenvalue weighted by Gasteiger charge is 2.33. The van der Waals surface area contributed by atoms with Gasteiger partial charge in [0.15, 0.2) is 10.9 Å². The molecule has 1 aromatic heterocycles. The van der Waals surface area contributed by atoms with Crippen LogP contribution in [0.4, 0.5) is 27.3 Å². The second-order valence-electron chi connectivity index (χ2n) is 5.38. The Morgan fingerprint density at radius 1 is 1.30 bits per heavy atom. The highest BCUT2D eigenvalue weighted by molar-refractivity contribution is 8.11. The summed E-state index contributed by atoms with van der Waals surface area (Å²) in [7, 11) is -2.41. The molecule has 0 radical (unpaired) electrons. The lowest BCUT2D eigenvalue weighted by Gasteiger charge is -2.13. The molecule has 27 heavy (non-hydrogen) atoms. The van der Waals surface area contributed by atoms with Gasteiger partial charge in [0.1, 0.15) is 10.6 Å². The van der Waals surface area contributed by atoms with Gasteiger partial charge in [-0.15, -0.1) is 0 Å². The Balaban J connectivity index is 2.82. The summed E-state index contributed by atoms with van der Waals surface area (Å²) in [5, 5.41) is 2.41. The standard InChI is InChI=1S/C16H14Cl2F5N3S/c1-4-5-24-15-14(27(23)9(3)19)8(2)25-26(15)13-11(17)6-10(7-12(13)18)16(20,21)22/h5-7H,4H2,1-3H3/b24-5+. The number of aromatic nitrogens is 2. The molecule has 0 aliphatic carbocycles. The van der Waals surface area contributed by atoms with Crippen molar-refractivity contribution < 1.29 is 21.4 Å². The summed E-state index contributed by atoms with van der Waals surface area (Å²) >= 11 is 12.0. The van der Waals surface area contributed by atoms with E-state index in [-0.39, 0.29) is 32.1 Å². The van der Waals surface area contributed by atoms with Gasteiger partial charge in [0.25, 0.3) is 0 Å². The summed E-state index contributed by atoms with van der Waals surface area (Å²) in [5.74, 6) is -0.0826. The van der Waals surface area contributed by atoms with Crippen molar-refractivity contribution in [3.05, 3.63) is 33.4 Å². The van der Waals surface area contributed by atoms with Crippen LogP contribution in [-0.4, -0.2) is 21.1 Å². The predicted molar refractivity (Wildman–Crippen MR) is 101 cm³/mol. The minimum absolute atomic E-state index is 0.0826. The fourth-order valence-corrected chi connectivity index (χ4v) is 3.76. The van der Waals surface area contributed by atoms with E-state index in [1.165, 1.54) is 13.1 Å². The Labute approximate surface area is 165 Å². The van der Waals surface area contributed by atoms with Gasteiger partial charge in [0.05, 0.1) is 32.2 Å².